The summed E-state index contributed by atoms with van der Waals surface area (Å²) in [7, 11) is 6.19. The molecule has 4 nitrogen and oxygen atoms in total. The van der Waals surface area contributed by atoms with E-state index in [0.29, 0.717) is 0 Å². The summed E-state index contributed by atoms with van der Waals surface area (Å²) in [5.74, 6) is 0.983. The van der Waals surface area contributed by atoms with Gasteiger partial charge in [-0.05, 0) is 38.7 Å². The van der Waals surface area contributed by atoms with Gasteiger partial charge in [-0.15, -0.1) is 0 Å². The zero-order valence-electron chi connectivity index (χ0n) is 10.6. The molecule has 1 heterocycles. The fraction of sp³-hybridized carbons (Fsp3) is 0.583. The van der Waals surface area contributed by atoms with Crippen molar-refractivity contribution >= 4 is 5.82 Å². The first kappa shape index (κ1) is 12.9. The minimum atomic E-state index is 0.0593. The molecule has 0 spiro atoms. The molecule has 4 heteroatoms. The summed E-state index contributed by atoms with van der Waals surface area (Å²) in [6.07, 6.45) is 1.82. The molecule has 0 bridgehead atoms. The molecule has 0 fully saturated rings. The largest absolute Gasteiger partial charge is 0.358 e. The zero-order valence-corrected chi connectivity index (χ0v) is 10.6. The summed E-state index contributed by atoms with van der Waals surface area (Å²) in [5, 5.41) is 0. The average Bonchev–Trinajstić information content (AvgIpc) is 2.26. The molecule has 0 saturated heterocycles. The van der Waals surface area contributed by atoms with Crippen molar-refractivity contribution in [2.45, 2.75) is 13.0 Å². The zero-order chi connectivity index (χ0) is 12.1. The number of rotatable bonds is 5. The van der Waals surface area contributed by atoms with E-state index in [-0.39, 0.29) is 6.04 Å². The van der Waals surface area contributed by atoms with Crippen molar-refractivity contribution in [3.05, 3.63) is 23.9 Å². The third-order valence-corrected chi connectivity index (χ3v) is 2.57. The highest BCUT2D eigenvalue weighted by Gasteiger charge is 2.05. The van der Waals surface area contributed by atoms with Crippen LogP contribution in [-0.2, 0) is 0 Å². The van der Waals surface area contributed by atoms with Crippen molar-refractivity contribution in [2.24, 2.45) is 5.73 Å². The van der Waals surface area contributed by atoms with Crippen LogP contribution in [0.3, 0.4) is 0 Å². The number of nitrogens with zero attached hydrogens (tertiary/aromatic N) is 3. The van der Waals surface area contributed by atoms with Gasteiger partial charge in [-0.2, -0.15) is 0 Å². The lowest BCUT2D eigenvalue weighted by molar-refractivity contribution is 0.416. The van der Waals surface area contributed by atoms with Gasteiger partial charge in [-0.25, -0.2) is 4.98 Å². The summed E-state index contributed by atoms with van der Waals surface area (Å²) in [4.78, 5) is 8.65. The highest BCUT2D eigenvalue weighted by molar-refractivity contribution is 5.40. The Labute approximate surface area is 98.1 Å². The van der Waals surface area contributed by atoms with Crippen molar-refractivity contribution in [2.75, 3.05) is 39.1 Å². The maximum absolute atomic E-state index is 5.85. The molecule has 0 amide bonds. The van der Waals surface area contributed by atoms with Crippen LogP contribution in [0.2, 0.25) is 0 Å². The lowest BCUT2D eigenvalue weighted by Gasteiger charge is -2.21. The van der Waals surface area contributed by atoms with E-state index >= 15 is 0 Å². The lowest BCUT2D eigenvalue weighted by Crippen LogP contribution is -2.29. The van der Waals surface area contributed by atoms with E-state index in [1.54, 1.807) is 0 Å². The van der Waals surface area contributed by atoms with Crippen molar-refractivity contribution in [1.29, 1.82) is 0 Å². The standard InChI is InChI=1S/C12H22N4/c1-10(13)11-5-6-14-12(9-11)16(4)8-7-15(2)3/h5-6,9-10H,7-8,13H2,1-4H3/t10-/m1/s1. The molecule has 1 rings (SSSR count). The van der Waals surface area contributed by atoms with Crippen LogP contribution in [-0.4, -0.2) is 44.1 Å². The molecular formula is C12H22N4. The Hall–Kier alpha value is -1.13. The maximum Gasteiger partial charge on any atom is 0.128 e. The average molecular weight is 222 g/mol. The van der Waals surface area contributed by atoms with Gasteiger partial charge in [0.25, 0.3) is 0 Å². The van der Waals surface area contributed by atoms with Crippen LogP contribution < -0.4 is 10.6 Å². The van der Waals surface area contributed by atoms with Gasteiger partial charge in [0.2, 0.25) is 0 Å². The molecule has 0 saturated carbocycles. The van der Waals surface area contributed by atoms with Gasteiger partial charge in [-0.1, -0.05) is 0 Å². The van der Waals surface area contributed by atoms with Crippen molar-refractivity contribution in [1.82, 2.24) is 9.88 Å². The first-order valence-corrected chi connectivity index (χ1v) is 5.58. The number of hydrogen-bond acceptors (Lipinski definition) is 4. The molecule has 0 radical (unpaired) electrons. The normalized spacial score (nSPS) is 12.9. The number of hydrogen-bond donors (Lipinski definition) is 1. The summed E-state index contributed by atoms with van der Waals surface area (Å²) >= 11 is 0. The molecule has 1 aromatic rings. The van der Waals surface area contributed by atoms with Gasteiger partial charge < -0.3 is 15.5 Å². The van der Waals surface area contributed by atoms with Crippen LogP contribution in [0.4, 0.5) is 5.82 Å². The van der Waals surface area contributed by atoms with Crippen LogP contribution in [0.25, 0.3) is 0 Å². The maximum atomic E-state index is 5.85. The molecule has 0 aliphatic heterocycles. The number of pyridine rings is 1. The molecule has 0 unspecified atom stereocenters. The van der Waals surface area contributed by atoms with E-state index in [9.17, 15) is 0 Å². The van der Waals surface area contributed by atoms with E-state index in [0.717, 1.165) is 24.5 Å². The topological polar surface area (TPSA) is 45.4 Å². The fourth-order valence-electron chi connectivity index (χ4n) is 1.39. The molecule has 16 heavy (non-hydrogen) atoms. The lowest BCUT2D eigenvalue weighted by atomic mass is 10.1. The molecule has 0 aliphatic carbocycles. The quantitative estimate of drug-likeness (QED) is 0.810. The van der Waals surface area contributed by atoms with Gasteiger partial charge in [0, 0.05) is 32.4 Å². The second-order valence-corrected chi connectivity index (χ2v) is 4.46. The van der Waals surface area contributed by atoms with Crippen LogP contribution in [0.1, 0.15) is 18.5 Å². The van der Waals surface area contributed by atoms with Crippen LogP contribution >= 0.6 is 0 Å². The predicted molar refractivity (Wildman–Crippen MR) is 68.7 cm³/mol. The summed E-state index contributed by atoms with van der Waals surface area (Å²) < 4.78 is 0. The number of anilines is 1. The molecule has 0 aromatic carbocycles. The third-order valence-electron chi connectivity index (χ3n) is 2.57. The van der Waals surface area contributed by atoms with E-state index in [2.05, 4.69) is 42.0 Å². The van der Waals surface area contributed by atoms with Crippen LogP contribution in [0.15, 0.2) is 18.3 Å². The summed E-state index contributed by atoms with van der Waals surface area (Å²) in [5.41, 5.74) is 6.98. The van der Waals surface area contributed by atoms with Gasteiger partial charge in [0.15, 0.2) is 0 Å². The summed E-state index contributed by atoms with van der Waals surface area (Å²) in [6.45, 7) is 3.96. The Morgan fingerprint density at radius 3 is 2.56 bits per heavy atom. The monoisotopic (exact) mass is 222 g/mol. The Bertz CT molecular complexity index is 323. The van der Waals surface area contributed by atoms with Crippen molar-refractivity contribution in [3.63, 3.8) is 0 Å². The van der Waals surface area contributed by atoms with Crippen molar-refractivity contribution < 1.29 is 0 Å². The van der Waals surface area contributed by atoms with E-state index in [1.807, 2.05) is 19.2 Å². The molecule has 1 atom stereocenters. The van der Waals surface area contributed by atoms with E-state index in [4.69, 9.17) is 5.73 Å². The Morgan fingerprint density at radius 2 is 2.00 bits per heavy atom. The predicted octanol–water partition coefficient (Wildman–Crippen LogP) is 1.10. The summed E-state index contributed by atoms with van der Waals surface area (Å²) in [6, 6.07) is 4.08. The Morgan fingerprint density at radius 1 is 1.31 bits per heavy atom. The number of nitrogens with two attached hydrogens (primary N) is 1. The first-order valence-electron chi connectivity index (χ1n) is 5.58. The highest BCUT2D eigenvalue weighted by atomic mass is 15.2. The van der Waals surface area contributed by atoms with E-state index < -0.39 is 0 Å². The fourth-order valence-corrected chi connectivity index (χ4v) is 1.39. The van der Waals surface area contributed by atoms with Crippen molar-refractivity contribution in [3.8, 4) is 0 Å². The Kier molecular flexibility index (Phi) is 4.71. The highest BCUT2D eigenvalue weighted by Crippen LogP contribution is 2.15. The van der Waals surface area contributed by atoms with Gasteiger partial charge in [0.05, 0.1) is 0 Å². The number of aromatic nitrogens is 1. The number of likely N-dealkylation sites (N-methyl/N-ethyl adjacent to an activating group) is 2. The SMILES string of the molecule is C[C@@H](N)c1ccnc(N(C)CCN(C)C)c1. The minimum Gasteiger partial charge on any atom is -0.358 e. The molecule has 0 aliphatic rings. The molecular weight excluding hydrogens is 200 g/mol. The van der Waals surface area contributed by atoms with Gasteiger partial charge in [0.1, 0.15) is 5.82 Å². The van der Waals surface area contributed by atoms with Crippen LogP contribution in [0.5, 0.6) is 0 Å². The third kappa shape index (κ3) is 3.79. The first-order chi connectivity index (χ1) is 7.50. The Balaban J connectivity index is 2.68. The molecule has 2 N–H and O–H groups in total. The van der Waals surface area contributed by atoms with E-state index in [1.165, 1.54) is 0 Å². The van der Waals surface area contributed by atoms with Crippen LogP contribution in [0, 0.1) is 0 Å². The molecule has 90 valence electrons. The van der Waals surface area contributed by atoms with Gasteiger partial charge in [-0.3, -0.25) is 0 Å². The second kappa shape index (κ2) is 5.82. The minimum absolute atomic E-state index is 0.0593. The molecule has 1 aromatic heterocycles. The smallest absolute Gasteiger partial charge is 0.128 e. The second-order valence-electron chi connectivity index (χ2n) is 4.46. The van der Waals surface area contributed by atoms with Gasteiger partial charge >= 0.3 is 0 Å².